The molecule has 106 valence electrons. The number of benzene rings is 1. The molecule has 1 aliphatic heterocycles. The molecule has 1 aliphatic rings. The topological polar surface area (TPSA) is 84.5 Å². The molecule has 2 N–H and O–H groups in total. The van der Waals surface area contributed by atoms with Crippen molar-refractivity contribution in [2.24, 2.45) is 5.41 Å². The number of nitrogens with one attached hydrogen (secondary N) is 2. The van der Waals surface area contributed by atoms with Gasteiger partial charge in [0.1, 0.15) is 0 Å². The van der Waals surface area contributed by atoms with Crippen LogP contribution in [0.15, 0.2) is 30.3 Å². The lowest BCUT2D eigenvalue weighted by molar-refractivity contribution is -0.149. The molecule has 1 aromatic rings. The summed E-state index contributed by atoms with van der Waals surface area (Å²) < 4.78 is 5.50. The highest BCUT2D eigenvalue weighted by Crippen LogP contribution is 2.26. The smallest absolute Gasteiger partial charge is 0.328 e. The van der Waals surface area contributed by atoms with E-state index < -0.39 is 23.3 Å². The highest BCUT2D eigenvalue weighted by Gasteiger charge is 2.49. The summed E-state index contributed by atoms with van der Waals surface area (Å²) in [6, 6.07) is 8.66. The van der Waals surface area contributed by atoms with Crippen molar-refractivity contribution < 1.29 is 19.1 Å². The molecule has 1 aromatic carbocycles. The van der Waals surface area contributed by atoms with Crippen LogP contribution in [-0.2, 0) is 20.9 Å². The Balaban J connectivity index is 2.02. The lowest BCUT2D eigenvalue weighted by atomic mass is 9.82. The molecule has 0 unspecified atom stereocenters. The quantitative estimate of drug-likeness (QED) is 0.785. The van der Waals surface area contributed by atoms with Gasteiger partial charge in [-0.2, -0.15) is 0 Å². The van der Waals surface area contributed by atoms with E-state index in [0.29, 0.717) is 6.61 Å². The molecule has 1 heterocycles. The number of imide groups is 2. The average molecular weight is 276 g/mol. The molecule has 0 saturated carbocycles. The molecule has 0 atom stereocenters. The molecule has 6 heteroatoms. The van der Waals surface area contributed by atoms with Crippen LogP contribution in [0.4, 0.5) is 4.79 Å². The van der Waals surface area contributed by atoms with E-state index in [2.05, 4.69) is 10.6 Å². The Morgan fingerprint density at radius 2 is 1.65 bits per heavy atom. The van der Waals surface area contributed by atoms with Crippen LogP contribution < -0.4 is 10.6 Å². The molecule has 0 spiro atoms. The van der Waals surface area contributed by atoms with Crippen molar-refractivity contribution in [1.82, 2.24) is 10.6 Å². The number of urea groups is 1. The highest BCUT2D eigenvalue weighted by atomic mass is 16.5. The number of hydrogen-bond donors (Lipinski definition) is 2. The number of ether oxygens (including phenoxy) is 1. The van der Waals surface area contributed by atoms with Gasteiger partial charge >= 0.3 is 6.03 Å². The Kier molecular flexibility index (Phi) is 4.14. The van der Waals surface area contributed by atoms with Gasteiger partial charge < -0.3 is 4.74 Å². The first kappa shape index (κ1) is 14.2. The van der Waals surface area contributed by atoms with Crippen LogP contribution in [0.2, 0.25) is 0 Å². The van der Waals surface area contributed by atoms with Crippen LogP contribution in [0, 0.1) is 5.41 Å². The Labute approximate surface area is 116 Å². The van der Waals surface area contributed by atoms with E-state index >= 15 is 0 Å². The summed E-state index contributed by atoms with van der Waals surface area (Å²) in [7, 11) is 0. The van der Waals surface area contributed by atoms with E-state index in [1.165, 1.54) is 0 Å². The molecule has 0 radical (unpaired) electrons. The molecule has 0 bridgehead atoms. The maximum atomic E-state index is 11.9. The van der Waals surface area contributed by atoms with E-state index in [4.69, 9.17) is 4.74 Å². The minimum atomic E-state index is -1.34. The zero-order chi connectivity index (χ0) is 14.6. The van der Waals surface area contributed by atoms with E-state index in [0.717, 1.165) is 5.56 Å². The second kappa shape index (κ2) is 5.83. The fourth-order valence-corrected chi connectivity index (χ4v) is 2.05. The van der Waals surface area contributed by atoms with Gasteiger partial charge in [0.25, 0.3) is 0 Å². The lowest BCUT2D eigenvalue weighted by Gasteiger charge is -2.32. The van der Waals surface area contributed by atoms with E-state index in [1.807, 2.05) is 30.3 Å². The van der Waals surface area contributed by atoms with Crippen LogP contribution in [0.25, 0.3) is 0 Å². The minimum absolute atomic E-state index is 0.0661. The first-order valence-corrected chi connectivity index (χ1v) is 6.37. The van der Waals surface area contributed by atoms with Gasteiger partial charge in [-0.15, -0.1) is 0 Å². The molecule has 0 aromatic heterocycles. The van der Waals surface area contributed by atoms with E-state index in [1.54, 1.807) is 6.92 Å². The summed E-state index contributed by atoms with van der Waals surface area (Å²) in [6.45, 7) is 1.95. The predicted molar refractivity (Wildman–Crippen MR) is 70.5 cm³/mol. The third-order valence-electron chi connectivity index (χ3n) is 3.39. The largest absolute Gasteiger partial charge is 0.375 e. The Morgan fingerprint density at radius 1 is 1.05 bits per heavy atom. The van der Waals surface area contributed by atoms with Gasteiger partial charge in [-0.25, -0.2) is 4.79 Å². The van der Waals surface area contributed by atoms with Crippen LogP contribution in [-0.4, -0.2) is 24.5 Å². The second-order valence-electron chi connectivity index (χ2n) is 4.65. The zero-order valence-corrected chi connectivity index (χ0v) is 11.1. The molecular formula is C14H16N2O4. The standard InChI is InChI=1S/C14H16N2O4/c1-2-14(11(17)15-13(19)16-12(14)18)9-20-8-10-6-4-3-5-7-10/h3-7H,2,8-9H2,1H3,(H2,15,16,17,18,19). The van der Waals surface area contributed by atoms with Crippen molar-refractivity contribution in [2.45, 2.75) is 20.0 Å². The molecule has 2 rings (SSSR count). The van der Waals surface area contributed by atoms with Gasteiger partial charge in [0.15, 0.2) is 5.41 Å². The Hall–Kier alpha value is -2.21. The van der Waals surface area contributed by atoms with Gasteiger partial charge in [-0.05, 0) is 12.0 Å². The maximum absolute atomic E-state index is 11.9. The Morgan fingerprint density at radius 3 is 2.20 bits per heavy atom. The number of carbonyl (C=O) groups excluding carboxylic acids is 3. The van der Waals surface area contributed by atoms with Crippen molar-refractivity contribution in [3.63, 3.8) is 0 Å². The van der Waals surface area contributed by atoms with E-state index in [9.17, 15) is 14.4 Å². The first-order chi connectivity index (χ1) is 9.58. The van der Waals surface area contributed by atoms with Crippen LogP contribution in [0.3, 0.4) is 0 Å². The summed E-state index contributed by atoms with van der Waals surface area (Å²) in [5.41, 5.74) is -0.394. The van der Waals surface area contributed by atoms with Gasteiger partial charge in [0.2, 0.25) is 11.8 Å². The zero-order valence-electron chi connectivity index (χ0n) is 11.1. The van der Waals surface area contributed by atoms with Crippen molar-refractivity contribution in [2.75, 3.05) is 6.61 Å². The first-order valence-electron chi connectivity index (χ1n) is 6.37. The molecule has 1 fully saturated rings. The normalized spacial score (nSPS) is 17.6. The summed E-state index contributed by atoms with van der Waals surface area (Å²) in [4.78, 5) is 35.0. The van der Waals surface area contributed by atoms with Gasteiger partial charge in [0, 0.05) is 0 Å². The fraction of sp³-hybridized carbons (Fsp3) is 0.357. The molecular weight excluding hydrogens is 260 g/mol. The average Bonchev–Trinajstić information content (AvgIpc) is 2.43. The fourth-order valence-electron chi connectivity index (χ4n) is 2.05. The number of carbonyl (C=O) groups is 3. The van der Waals surface area contributed by atoms with Crippen molar-refractivity contribution >= 4 is 17.8 Å². The molecule has 4 amide bonds. The van der Waals surface area contributed by atoms with Crippen molar-refractivity contribution in [3.8, 4) is 0 Å². The van der Waals surface area contributed by atoms with Crippen LogP contribution in [0.5, 0.6) is 0 Å². The molecule has 20 heavy (non-hydrogen) atoms. The minimum Gasteiger partial charge on any atom is -0.375 e. The second-order valence-corrected chi connectivity index (χ2v) is 4.65. The summed E-state index contributed by atoms with van der Waals surface area (Å²) >= 11 is 0. The summed E-state index contributed by atoms with van der Waals surface area (Å²) in [5.74, 6) is -1.22. The van der Waals surface area contributed by atoms with Gasteiger partial charge in [-0.3, -0.25) is 20.2 Å². The SMILES string of the molecule is CCC1(COCc2ccccc2)C(=O)NC(=O)NC1=O. The third-order valence-corrected chi connectivity index (χ3v) is 3.39. The molecule has 1 saturated heterocycles. The number of barbiturate groups is 1. The van der Waals surface area contributed by atoms with Crippen molar-refractivity contribution in [3.05, 3.63) is 35.9 Å². The number of hydrogen-bond acceptors (Lipinski definition) is 4. The number of amides is 4. The van der Waals surface area contributed by atoms with Crippen LogP contribution in [0.1, 0.15) is 18.9 Å². The van der Waals surface area contributed by atoms with Gasteiger partial charge in [0.05, 0.1) is 13.2 Å². The third kappa shape index (κ3) is 2.70. The molecule has 6 nitrogen and oxygen atoms in total. The van der Waals surface area contributed by atoms with E-state index in [-0.39, 0.29) is 13.0 Å². The van der Waals surface area contributed by atoms with Crippen molar-refractivity contribution in [1.29, 1.82) is 0 Å². The molecule has 0 aliphatic carbocycles. The lowest BCUT2D eigenvalue weighted by Crippen LogP contribution is -2.63. The summed E-state index contributed by atoms with van der Waals surface area (Å²) in [6.07, 6.45) is 0.257. The Bertz CT molecular complexity index is 507. The monoisotopic (exact) mass is 276 g/mol. The highest BCUT2D eigenvalue weighted by molar-refractivity contribution is 6.19. The maximum Gasteiger partial charge on any atom is 0.328 e. The summed E-state index contributed by atoms with van der Waals surface area (Å²) in [5, 5.41) is 4.22. The van der Waals surface area contributed by atoms with Crippen LogP contribution >= 0.6 is 0 Å². The van der Waals surface area contributed by atoms with Gasteiger partial charge in [-0.1, -0.05) is 37.3 Å². The predicted octanol–water partition coefficient (Wildman–Crippen LogP) is 0.966. The number of rotatable bonds is 5.